The number of piperazine rings is 1. The van der Waals surface area contributed by atoms with Gasteiger partial charge in [-0.2, -0.15) is 5.10 Å². The monoisotopic (exact) mass is 292 g/mol. The van der Waals surface area contributed by atoms with Crippen molar-refractivity contribution in [2.24, 2.45) is 0 Å². The first-order valence-electron chi connectivity index (χ1n) is 6.97. The summed E-state index contributed by atoms with van der Waals surface area (Å²) in [7, 11) is 0. The summed E-state index contributed by atoms with van der Waals surface area (Å²) >= 11 is 1.72. The van der Waals surface area contributed by atoms with E-state index in [4.69, 9.17) is 5.73 Å². The molecular formula is C13H20N6S. The minimum Gasteiger partial charge on any atom is -0.382 e. The number of hydrogen-bond acceptors (Lipinski definition) is 6. The van der Waals surface area contributed by atoms with E-state index < -0.39 is 0 Å². The van der Waals surface area contributed by atoms with Crippen molar-refractivity contribution in [3.63, 3.8) is 0 Å². The Morgan fingerprint density at radius 3 is 2.70 bits per heavy atom. The summed E-state index contributed by atoms with van der Waals surface area (Å²) in [5.41, 5.74) is 5.60. The lowest BCUT2D eigenvalue weighted by Crippen LogP contribution is -2.46. The molecule has 0 bridgehead atoms. The molecule has 0 atom stereocenters. The Bertz CT molecular complexity index is 515. The molecule has 0 spiro atoms. The Kier molecular flexibility index (Phi) is 4.17. The van der Waals surface area contributed by atoms with Crippen LogP contribution < -0.4 is 10.6 Å². The van der Waals surface area contributed by atoms with Crippen LogP contribution in [0.5, 0.6) is 0 Å². The van der Waals surface area contributed by atoms with E-state index in [0.717, 1.165) is 50.8 Å². The summed E-state index contributed by atoms with van der Waals surface area (Å²) in [6.45, 7) is 6.42. The predicted octanol–water partition coefficient (Wildman–Crippen LogP) is 1.13. The average molecular weight is 292 g/mol. The highest BCUT2D eigenvalue weighted by atomic mass is 32.1. The predicted molar refractivity (Wildman–Crippen MR) is 82.0 cm³/mol. The Morgan fingerprint density at radius 1 is 1.20 bits per heavy atom. The maximum Gasteiger partial charge on any atom is 0.185 e. The molecule has 2 aromatic rings. The molecule has 0 aliphatic carbocycles. The number of aryl methyl sites for hydroxylation is 1. The highest BCUT2D eigenvalue weighted by Gasteiger charge is 2.17. The molecule has 2 N–H and O–H groups in total. The van der Waals surface area contributed by atoms with Gasteiger partial charge >= 0.3 is 0 Å². The van der Waals surface area contributed by atoms with E-state index in [1.54, 1.807) is 11.3 Å². The average Bonchev–Trinajstić information content (AvgIpc) is 3.11. The summed E-state index contributed by atoms with van der Waals surface area (Å²) in [6.07, 6.45) is 4.93. The Morgan fingerprint density at radius 2 is 2.05 bits per heavy atom. The second-order valence-electron chi connectivity index (χ2n) is 5.00. The first kappa shape index (κ1) is 13.4. The van der Waals surface area contributed by atoms with E-state index in [9.17, 15) is 0 Å². The zero-order chi connectivity index (χ0) is 13.8. The third kappa shape index (κ3) is 3.29. The van der Waals surface area contributed by atoms with Gasteiger partial charge in [0.2, 0.25) is 0 Å². The van der Waals surface area contributed by atoms with Gasteiger partial charge in [0.05, 0.1) is 0 Å². The van der Waals surface area contributed by atoms with Crippen LogP contribution in [-0.2, 0) is 6.54 Å². The van der Waals surface area contributed by atoms with Crippen molar-refractivity contribution in [2.75, 3.05) is 43.4 Å². The number of rotatable bonds is 5. The molecule has 0 amide bonds. The third-order valence-electron chi connectivity index (χ3n) is 3.58. The molecule has 0 saturated carbocycles. The first-order valence-corrected chi connectivity index (χ1v) is 7.85. The van der Waals surface area contributed by atoms with Crippen LogP contribution in [0.2, 0.25) is 0 Å². The van der Waals surface area contributed by atoms with Crippen LogP contribution in [0.15, 0.2) is 23.8 Å². The van der Waals surface area contributed by atoms with Crippen molar-refractivity contribution in [3.05, 3.63) is 23.8 Å². The van der Waals surface area contributed by atoms with E-state index >= 15 is 0 Å². The molecule has 0 unspecified atom stereocenters. The van der Waals surface area contributed by atoms with Gasteiger partial charge in [-0.05, 0) is 12.5 Å². The van der Waals surface area contributed by atoms with E-state index in [2.05, 4.69) is 19.9 Å². The van der Waals surface area contributed by atoms with Gasteiger partial charge in [-0.3, -0.25) is 9.58 Å². The van der Waals surface area contributed by atoms with E-state index in [1.807, 2.05) is 28.5 Å². The molecule has 0 radical (unpaired) electrons. The van der Waals surface area contributed by atoms with E-state index in [-0.39, 0.29) is 0 Å². The van der Waals surface area contributed by atoms with Crippen LogP contribution in [-0.4, -0.2) is 52.4 Å². The smallest absolute Gasteiger partial charge is 0.185 e. The molecule has 1 saturated heterocycles. The van der Waals surface area contributed by atoms with Crippen molar-refractivity contribution in [1.29, 1.82) is 0 Å². The maximum absolute atomic E-state index is 5.60. The van der Waals surface area contributed by atoms with Crippen molar-refractivity contribution in [3.8, 4) is 0 Å². The van der Waals surface area contributed by atoms with Crippen LogP contribution in [0.3, 0.4) is 0 Å². The van der Waals surface area contributed by atoms with Crippen molar-refractivity contribution >= 4 is 22.3 Å². The highest BCUT2D eigenvalue weighted by Crippen LogP contribution is 2.18. The second-order valence-corrected chi connectivity index (χ2v) is 5.87. The molecule has 1 fully saturated rings. The number of aromatic nitrogens is 3. The van der Waals surface area contributed by atoms with Gasteiger partial charge in [0.1, 0.15) is 5.82 Å². The number of nitrogens with two attached hydrogens (primary N) is 1. The van der Waals surface area contributed by atoms with Gasteiger partial charge in [-0.25, -0.2) is 4.98 Å². The number of nitrogens with zero attached hydrogens (tertiary/aromatic N) is 5. The molecule has 3 heterocycles. The van der Waals surface area contributed by atoms with Crippen molar-refractivity contribution in [2.45, 2.75) is 13.0 Å². The quantitative estimate of drug-likeness (QED) is 0.895. The number of anilines is 2. The summed E-state index contributed by atoms with van der Waals surface area (Å²) in [4.78, 5) is 9.25. The number of hydrogen-bond donors (Lipinski definition) is 1. The lowest BCUT2D eigenvalue weighted by atomic mass is 10.3. The van der Waals surface area contributed by atoms with Gasteiger partial charge < -0.3 is 10.6 Å². The molecule has 2 aromatic heterocycles. The molecule has 20 heavy (non-hydrogen) atoms. The first-order chi connectivity index (χ1) is 9.81. The summed E-state index contributed by atoms with van der Waals surface area (Å²) in [5, 5.41) is 7.39. The van der Waals surface area contributed by atoms with Gasteiger partial charge in [-0.15, -0.1) is 11.3 Å². The lowest BCUT2D eigenvalue weighted by Gasteiger charge is -2.34. The summed E-state index contributed by atoms with van der Waals surface area (Å²) in [6, 6.07) is 1.84. The van der Waals surface area contributed by atoms with Gasteiger partial charge in [0.15, 0.2) is 5.13 Å². The van der Waals surface area contributed by atoms with Crippen LogP contribution in [0, 0.1) is 0 Å². The minimum absolute atomic E-state index is 0.599. The molecule has 3 rings (SSSR count). The highest BCUT2D eigenvalue weighted by molar-refractivity contribution is 7.13. The fraction of sp³-hybridized carbons (Fsp3) is 0.538. The molecule has 6 nitrogen and oxygen atoms in total. The largest absolute Gasteiger partial charge is 0.382 e. The fourth-order valence-electron chi connectivity index (χ4n) is 2.49. The van der Waals surface area contributed by atoms with Crippen LogP contribution in [0.1, 0.15) is 6.42 Å². The fourth-order valence-corrected chi connectivity index (χ4v) is 3.19. The van der Waals surface area contributed by atoms with Gasteiger partial charge in [0.25, 0.3) is 0 Å². The zero-order valence-corrected chi connectivity index (χ0v) is 12.3. The summed E-state index contributed by atoms with van der Waals surface area (Å²) in [5.74, 6) is 0.599. The van der Waals surface area contributed by atoms with Gasteiger partial charge in [-0.1, -0.05) is 0 Å². The molecule has 108 valence electrons. The number of nitrogen functional groups attached to an aromatic ring is 1. The van der Waals surface area contributed by atoms with Crippen molar-refractivity contribution < 1.29 is 0 Å². The SMILES string of the molecule is Nc1ccn(CCCN2CCN(c3nccs3)CC2)n1. The topological polar surface area (TPSA) is 63.2 Å². The van der Waals surface area contributed by atoms with Crippen LogP contribution in [0.4, 0.5) is 10.9 Å². The van der Waals surface area contributed by atoms with E-state index in [1.165, 1.54) is 0 Å². The zero-order valence-electron chi connectivity index (χ0n) is 11.5. The van der Waals surface area contributed by atoms with Crippen molar-refractivity contribution in [1.82, 2.24) is 19.7 Å². The summed E-state index contributed by atoms with van der Waals surface area (Å²) < 4.78 is 1.92. The molecule has 1 aliphatic rings. The maximum atomic E-state index is 5.60. The van der Waals surface area contributed by atoms with Gasteiger partial charge in [0, 0.05) is 57.0 Å². The van der Waals surface area contributed by atoms with Crippen LogP contribution >= 0.6 is 11.3 Å². The minimum atomic E-state index is 0.599. The normalized spacial score (nSPS) is 16.7. The molecular weight excluding hydrogens is 272 g/mol. The second kappa shape index (κ2) is 6.23. The molecule has 0 aromatic carbocycles. The van der Waals surface area contributed by atoms with E-state index in [0.29, 0.717) is 5.82 Å². The van der Waals surface area contributed by atoms with Crippen LogP contribution in [0.25, 0.3) is 0 Å². The molecule has 7 heteroatoms. The Hall–Kier alpha value is -1.60. The molecule has 1 aliphatic heterocycles. The lowest BCUT2D eigenvalue weighted by molar-refractivity contribution is 0.249. The Labute approximate surface area is 122 Å². The third-order valence-corrected chi connectivity index (χ3v) is 4.42. The standard InChI is InChI=1S/C13H20N6S/c14-12-2-6-19(16-12)5-1-4-17-7-9-18(10-8-17)13-15-3-11-20-13/h2-3,6,11H,1,4-5,7-10H2,(H2,14,16). The Balaban J connectivity index is 1.38. The number of thiazole rings is 1.